The molecule has 0 spiro atoms. The molecule has 0 radical (unpaired) electrons. The van der Waals surface area contributed by atoms with Crippen molar-refractivity contribution in [2.75, 3.05) is 5.84 Å². The summed E-state index contributed by atoms with van der Waals surface area (Å²) in [6.07, 6.45) is 1.76. The van der Waals surface area contributed by atoms with E-state index in [1.165, 1.54) is 22.9 Å². The van der Waals surface area contributed by atoms with Crippen molar-refractivity contribution in [3.05, 3.63) is 74.9 Å². The van der Waals surface area contributed by atoms with Gasteiger partial charge in [-0.2, -0.15) is 0 Å². The third kappa shape index (κ3) is 3.86. The van der Waals surface area contributed by atoms with Crippen LogP contribution in [0.1, 0.15) is 17.1 Å². The van der Waals surface area contributed by atoms with Gasteiger partial charge in [0, 0.05) is 6.42 Å². The lowest BCUT2D eigenvalue weighted by molar-refractivity contribution is -0.402. The molecule has 0 amide bonds. The normalized spacial score (nSPS) is 11.2. The number of thioether (sulfide) groups is 1. The zero-order chi connectivity index (χ0) is 17.8. The van der Waals surface area contributed by atoms with Crippen molar-refractivity contribution in [3.63, 3.8) is 0 Å². The zero-order valence-electron chi connectivity index (χ0n) is 12.7. The molecule has 2 N–H and O–H groups in total. The number of aromatic nitrogens is 3. The summed E-state index contributed by atoms with van der Waals surface area (Å²) in [7, 11) is 0. The molecule has 2 heterocycles. The number of nitrogens with zero attached hydrogens (tertiary/aromatic N) is 4. The van der Waals surface area contributed by atoms with Gasteiger partial charge in [0.1, 0.15) is 16.5 Å². The molecule has 0 aliphatic rings. The van der Waals surface area contributed by atoms with E-state index in [0.29, 0.717) is 22.3 Å². The van der Waals surface area contributed by atoms with Crippen LogP contribution in [0.3, 0.4) is 0 Å². The molecule has 0 atom stereocenters. The quantitative estimate of drug-likeness (QED) is 0.311. The highest BCUT2D eigenvalue weighted by Gasteiger charge is 2.13. The van der Waals surface area contributed by atoms with Crippen LogP contribution in [0.15, 0.2) is 51.4 Å². The number of hydrogen-bond acceptors (Lipinski definition) is 7. The summed E-state index contributed by atoms with van der Waals surface area (Å²) in [5.41, 5.74) is 0.469. The van der Waals surface area contributed by atoms with E-state index in [1.807, 2.05) is 0 Å². The minimum Gasteiger partial charge on any atom is -0.401 e. The van der Waals surface area contributed by atoms with E-state index in [-0.39, 0.29) is 18.1 Å². The van der Waals surface area contributed by atoms with Gasteiger partial charge in [0.2, 0.25) is 5.16 Å². The van der Waals surface area contributed by atoms with Gasteiger partial charge in [-0.15, -0.1) is 10.2 Å². The van der Waals surface area contributed by atoms with Crippen LogP contribution in [0, 0.1) is 15.9 Å². The van der Waals surface area contributed by atoms with Crippen LogP contribution < -0.4 is 5.84 Å². The van der Waals surface area contributed by atoms with Crippen LogP contribution in [0.5, 0.6) is 0 Å². The van der Waals surface area contributed by atoms with Gasteiger partial charge >= 0.3 is 5.88 Å². The molecule has 0 fully saturated rings. The first-order valence-corrected chi connectivity index (χ1v) is 7.93. The Kier molecular flexibility index (Phi) is 4.80. The summed E-state index contributed by atoms with van der Waals surface area (Å²) in [6, 6.07) is 9.11. The molecule has 0 bridgehead atoms. The van der Waals surface area contributed by atoms with Crippen molar-refractivity contribution < 1.29 is 13.7 Å². The maximum atomic E-state index is 13.7. The molecule has 0 unspecified atom stereocenters. The number of hydrogen-bond donors (Lipinski definition) is 1. The minimum atomic E-state index is -0.615. The zero-order valence-corrected chi connectivity index (χ0v) is 13.5. The summed E-state index contributed by atoms with van der Waals surface area (Å²) in [5.74, 6) is 6.00. The van der Waals surface area contributed by atoms with Gasteiger partial charge in [0.15, 0.2) is 5.82 Å². The Hall–Kier alpha value is -3.14. The maximum Gasteiger partial charge on any atom is 0.433 e. The fourth-order valence-corrected chi connectivity index (χ4v) is 2.64. The lowest BCUT2D eigenvalue weighted by atomic mass is 10.1. The van der Waals surface area contributed by atoms with E-state index in [1.54, 1.807) is 29.7 Å². The molecule has 0 saturated heterocycles. The van der Waals surface area contributed by atoms with Gasteiger partial charge in [-0.3, -0.25) is 10.1 Å². The van der Waals surface area contributed by atoms with Gasteiger partial charge in [-0.1, -0.05) is 30.0 Å². The SMILES string of the molecule is Nn1c(Cc2ccccc2F)nnc1S/C=C/c1ccc([N+](=O)[O-])o1. The van der Waals surface area contributed by atoms with Gasteiger partial charge < -0.3 is 10.3 Å². The lowest BCUT2D eigenvalue weighted by Gasteiger charge is -2.03. The standard InChI is InChI=1S/C15H12FN5O3S/c16-12-4-2-1-3-10(12)9-13-18-19-15(20(13)17)25-8-7-11-5-6-14(24-11)21(22)23/h1-8H,9,17H2/b8-7+. The number of nitrogen functional groups attached to an aromatic ring is 1. The lowest BCUT2D eigenvalue weighted by Crippen LogP contribution is -2.14. The second-order valence-electron chi connectivity index (χ2n) is 4.89. The topological polar surface area (TPSA) is 113 Å². The van der Waals surface area contributed by atoms with Crippen molar-refractivity contribution >= 4 is 23.7 Å². The summed E-state index contributed by atoms with van der Waals surface area (Å²) in [4.78, 5) is 9.93. The fourth-order valence-electron chi connectivity index (χ4n) is 2.01. The van der Waals surface area contributed by atoms with E-state index >= 15 is 0 Å². The van der Waals surface area contributed by atoms with Crippen molar-refractivity contribution in [1.29, 1.82) is 0 Å². The van der Waals surface area contributed by atoms with Gasteiger partial charge in [-0.25, -0.2) is 9.07 Å². The van der Waals surface area contributed by atoms with E-state index in [2.05, 4.69) is 10.2 Å². The molecule has 0 aliphatic carbocycles. The van der Waals surface area contributed by atoms with Crippen molar-refractivity contribution in [2.24, 2.45) is 0 Å². The minimum absolute atomic E-state index is 0.213. The number of halogens is 1. The molecule has 2 aromatic heterocycles. The second kappa shape index (κ2) is 7.18. The summed E-state index contributed by atoms with van der Waals surface area (Å²) in [6.45, 7) is 0. The molecular formula is C15H12FN5O3S. The van der Waals surface area contributed by atoms with Crippen molar-refractivity contribution in [3.8, 4) is 0 Å². The second-order valence-corrected chi connectivity index (χ2v) is 5.76. The highest BCUT2D eigenvalue weighted by Crippen LogP contribution is 2.21. The Morgan fingerprint density at radius 3 is 2.84 bits per heavy atom. The largest absolute Gasteiger partial charge is 0.433 e. The molecule has 0 aliphatic heterocycles. The Morgan fingerprint density at radius 1 is 1.32 bits per heavy atom. The molecule has 10 heteroatoms. The van der Waals surface area contributed by atoms with Crippen LogP contribution in [-0.2, 0) is 6.42 Å². The van der Waals surface area contributed by atoms with Crippen LogP contribution >= 0.6 is 11.8 Å². The summed E-state index contributed by atoms with van der Waals surface area (Å²) >= 11 is 1.16. The van der Waals surface area contributed by atoms with Crippen LogP contribution in [0.2, 0.25) is 0 Å². The van der Waals surface area contributed by atoms with Crippen LogP contribution in [0.25, 0.3) is 6.08 Å². The Bertz CT molecular complexity index is 937. The smallest absolute Gasteiger partial charge is 0.401 e. The van der Waals surface area contributed by atoms with Crippen molar-refractivity contribution in [1.82, 2.24) is 14.9 Å². The number of nitrogens with two attached hydrogens (primary N) is 1. The Morgan fingerprint density at radius 2 is 2.12 bits per heavy atom. The molecule has 25 heavy (non-hydrogen) atoms. The highest BCUT2D eigenvalue weighted by atomic mass is 32.2. The van der Waals surface area contributed by atoms with Gasteiger partial charge in [-0.05, 0) is 29.2 Å². The monoisotopic (exact) mass is 361 g/mol. The molecular weight excluding hydrogens is 349 g/mol. The number of furan rings is 1. The Balaban J connectivity index is 1.67. The summed E-state index contributed by atoms with van der Waals surface area (Å²) < 4.78 is 20.0. The van der Waals surface area contributed by atoms with Crippen LogP contribution in [0.4, 0.5) is 10.3 Å². The number of benzene rings is 1. The number of rotatable bonds is 6. The van der Waals surface area contributed by atoms with E-state index in [0.717, 1.165) is 11.8 Å². The molecule has 1 aromatic carbocycles. The van der Waals surface area contributed by atoms with Gasteiger partial charge in [0.05, 0.1) is 6.07 Å². The maximum absolute atomic E-state index is 13.7. The first-order chi connectivity index (χ1) is 12.0. The van der Waals surface area contributed by atoms with Crippen LogP contribution in [-0.4, -0.2) is 19.8 Å². The molecule has 3 rings (SSSR count). The highest BCUT2D eigenvalue weighted by molar-refractivity contribution is 8.02. The third-order valence-electron chi connectivity index (χ3n) is 3.24. The first-order valence-electron chi connectivity index (χ1n) is 7.05. The summed E-state index contributed by atoms with van der Waals surface area (Å²) in [5, 5.41) is 20.5. The van der Waals surface area contributed by atoms with Gasteiger partial charge in [0.25, 0.3) is 0 Å². The predicted octanol–water partition coefficient (Wildman–Crippen LogP) is 2.99. The average Bonchev–Trinajstić information content (AvgIpc) is 3.19. The van der Waals surface area contributed by atoms with E-state index in [9.17, 15) is 14.5 Å². The average molecular weight is 361 g/mol. The predicted molar refractivity (Wildman–Crippen MR) is 89.6 cm³/mol. The van der Waals surface area contributed by atoms with Crippen molar-refractivity contribution in [2.45, 2.75) is 11.6 Å². The fraction of sp³-hybridized carbons (Fsp3) is 0.0667. The third-order valence-corrected chi connectivity index (χ3v) is 4.00. The van der Waals surface area contributed by atoms with E-state index in [4.69, 9.17) is 10.3 Å². The molecule has 3 aromatic rings. The molecule has 0 saturated carbocycles. The number of nitro groups is 1. The molecule has 8 nitrogen and oxygen atoms in total. The van der Waals surface area contributed by atoms with E-state index < -0.39 is 4.92 Å². The first kappa shape index (κ1) is 16.7. The molecule has 128 valence electrons. The Labute approximate surface area is 145 Å².